The first-order chi connectivity index (χ1) is 8.33. The lowest BCUT2D eigenvalue weighted by Gasteiger charge is -2.08. The molecule has 1 fully saturated rings. The van der Waals surface area contributed by atoms with E-state index in [9.17, 15) is 0 Å². The average molecular weight is 227 g/mol. The largest absolute Gasteiger partial charge is 0.399 e. The Labute approximate surface area is 101 Å². The second kappa shape index (κ2) is 4.24. The maximum absolute atomic E-state index is 5.69. The monoisotopic (exact) mass is 227 g/mol. The summed E-state index contributed by atoms with van der Waals surface area (Å²) in [6, 6.07) is 8.57. The van der Waals surface area contributed by atoms with Crippen LogP contribution in [0.2, 0.25) is 0 Å². The van der Waals surface area contributed by atoms with Crippen LogP contribution in [0.5, 0.6) is 0 Å². The third-order valence-corrected chi connectivity index (χ3v) is 3.54. The van der Waals surface area contributed by atoms with Gasteiger partial charge in [-0.3, -0.25) is 4.68 Å². The van der Waals surface area contributed by atoms with Crippen molar-refractivity contribution in [2.75, 3.05) is 5.73 Å². The smallest absolute Gasteiger partial charge is 0.0568 e. The summed E-state index contributed by atoms with van der Waals surface area (Å²) in [6.07, 6.45) is 9.31. The zero-order valence-corrected chi connectivity index (χ0v) is 9.84. The van der Waals surface area contributed by atoms with Crippen LogP contribution in [0, 0.1) is 0 Å². The average Bonchev–Trinajstić information content (AvgIpc) is 3.00. The number of nitrogens with zero attached hydrogens (tertiary/aromatic N) is 2. The molecule has 0 unspecified atom stereocenters. The Morgan fingerprint density at radius 3 is 2.47 bits per heavy atom. The first-order valence-corrected chi connectivity index (χ1v) is 6.23. The fourth-order valence-electron chi connectivity index (χ4n) is 2.53. The third-order valence-electron chi connectivity index (χ3n) is 3.54. The van der Waals surface area contributed by atoms with E-state index in [1.807, 2.05) is 30.5 Å². The van der Waals surface area contributed by atoms with Crippen LogP contribution in [0.15, 0.2) is 36.7 Å². The van der Waals surface area contributed by atoms with Crippen LogP contribution >= 0.6 is 0 Å². The number of benzene rings is 1. The van der Waals surface area contributed by atoms with Crippen LogP contribution in [0.25, 0.3) is 11.1 Å². The zero-order valence-electron chi connectivity index (χ0n) is 9.84. The summed E-state index contributed by atoms with van der Waals surface area (Å²) in [4.78, 5) is 0. The minimum absolute atomic E-state index is 0.609. The summed E-state index contributed by atoms with van der Waals surface area (Å²) in [5.41, 5.74) is 8.85. The molecule has 1 aliphatic carbocycles. The Morgan fingerprint density at radius 1 is 1.06 bits per heavy atom. The van der Waals surface area contributed by atoms with Crippen LogP contribution in [-0.4, -0.2) is 9.78 Å². The first kappa shape index (κ1) is 10.4. The molecule has 2 aromatic rings. The Bertz CT molecular complexity index is 492. The fraction of sp³-hybridized carbons (Fsp3) is 0.357. The number of aromatic nitrogens is 2. The van der Waals surface area contributed by atoms with Crippen molar-refractivity contribution in [2.24, 2.45) is 0 Å². The lowest BCUT2D eigenvalue weighted by molar-refractivity contribution is 0.467. The van der Waals surface area contributed by atoms with Crippen LogP contribution in [0.4, 0.5) is 5.69 Å². The number of hydrogen-bond donors (Lipinski definition) is 1. The van der Waals surface area contributed by atoms with Gasteiger partial charge in [0, 0.05) is 17.4 Å². The van der Waals surface area contributed by atoms with Gasteiger partial charge < -0.3 is 5.73 Å². The number of rotatable bonds is 2. The summed E-state index contributed by atoms with van der Waals surface area (Å²) in [6.45, 7) is 0. The Morgan fingerprint density at radius 2 is 1.76 bits per heavy atom. The fourth-order valence-corrected chi connectivity index (χ4v) is 2.53. The maximum atomic E-state index is 5.69. The molecule has 2 N–H and O–H groups in total. The molecule has 1 heterocycles. The van der Waals surface area contributed by atoms with Crippen LogP contribution in [0.1, 0.15) is 31.7 Å². The maximum Gasteiger partial charge on any atom is 0.0568 e. The van der Waals surface area contributed by atoms with Crippen LogP contribution in [0.3, 0.4) is 0 Å². The molecule has 0 radical (unpaired) electrons. The lowest BCUT2D eigenvalue weighted by Crippen LogP contribution is -2.04. The molecule has 1 aromatic heterocycles. The lowest BCUT2D eigenvalue weighted by atomic mass is 10.1. The van der Waals surface area contributed by atoms with Gasteiger partial charge in [-0.25, -0.2) is 0 Å². The van der Waals surface area contributed by atoms with E-state index < -0.39 is 0 Å². The van der Waals surface area contributed by atoms with Crippen LogP contribution in [-0.2, 0) is 0 Å². The van der Waals surface area contributed by atoms with Crippen molar-refractivity contribution in [1.29, 1.82) is 0 Å². The summed E-state index contributed by atoms with van der Waals surface area (Å²) in [5, 5.41) is 4.48. The van der Waals surface area contributed by atoms with E-state index in [1.165, 1.54) is 36.8 Å². The van der Waals surface area contributed by atoms with Crippen molar-refractivity contribution in [3.8, 4) is 11.1 Å². The molecule has 1 aliphatic rings. The summed E-state index contributed by atoms with van der Waals surface area (Å²) >= 11 is 0. The predicted molar refractivity (Wildman–Crippen MR) is 69.6 cm³/mol. The Hall–Kier alpha value is -1.77. The summed E-state index contributed by atoms with van der Waals surface area (Å²) < 4.78 is 2.12. The first-order valence-electron chi connectivity index (χ1n) is 6.23. The van der Waals surface area contributed by atoms with Crippen molar-refractivity contribution in [2.45, 2.75) is 31.7 Å². The standard InChI is InChI=1S/C14H17N3/c15-13-7-5-11(6-8-13)12-9-16-17(10-12)14-3-1-2-4-14/h5-10,14H,1-4,15H2. The molecule has 0 bridgehead atoms. The molecule has 17 heavy (non-hydrogen) atoms. The number of hydrogen-bond acceptors (Lipinski definition) is 2. The molecule has 1 saturated carbocycles. The van der Waals surface area contributed by atoms with Gasteiger partial charge in [0.25, 0.3) is 0 Å². The van der Waals surface area contributed by atoms with E-state index in [4.69, 9.17) is 5.73 Å². The topological polar surface area (TPSA) is 43.8 Å². The van der Waals surface area contributed by atoms with E-state index in [-0.39, 0.29) is 0 Å². The minimum atomic E-state index is 0.609. The molecule has 0 spiro atoms. The third kappa shape index (κ3) is 2.05. The summed E-state index contributed by atoms with van der Waals surface area (Å²) in [7, 11) is 0. The van der Waals surface area contributed by atoms with E-state index in [0.29, 0.717) is 6.04 Å². The molecule has 1 aromatic carbocycles. The Kier molecular flexibility index (Phi) is 2.59. The molecule has 0 saturated heterocycles. The van der Waals surface area contributed by atoms with Gasteiger partial charge in [-0.05, 0) is 30.5 Å². The summed E-state index contributed by atoms with van der Waals surface area (Å²) in [5.74, 6) is 0. The molecule has 0 amide bonds. The molecule has 0 aliphatic heterocycles. The molecule has 0 atom stereocenters. The van der Waals surface area contributed by atoms with Crippen LogP contribution < -0.4 is 5.73 Å². The highest BCUT2D eigenvalue weighted by Gasteiger charge is 2.17. The zero-order chi connectivity index (χ0) is 11.7. The van der Waals surface area contributed by atoms with E-state index in [2.05, 4.69) is 16.0 Å². The highest BCUT2D eigenvalue weighted by Crippen LogP contribution is 2.30. The second-order valence-electron chi connectivity index (χ2n) is 4.77. The molecule has 3 rings (SSSR count). The van der Waals surface area contributed by atoms with Gasteiger partial charge >= 0.3 is 0 Å². The van der Waals surface area contributed by atoms with Gasteiger partial charge in [-0.1, -0.05) is 25.0 Å². The molecule has 88 valence electrons. The van der Waals surface area contributed by atoms with Crippen molar-refractivity contribution in [1.82, 2.24) is 9.78 Å². The van der Waals surface area contributed by atoms with Crippen molar-refractivity contribution < 1.29 is 0 Å². The van der Waals surface area contributed by atoms with E-state index in [1.54, 1.807) is 0 Å². The predicted octanol–water partition coefficient (Wildman–Crippen LogP) is 3.25. The van der Waals surface area contributed by atoms with Gasteiger partial charge in [0.05, 0.1) is 12.2 Å². The van der Waals surface area contributed by atoms with E-state index >= 15 is 0 Å². The molecular formula is C14H17N3. The number of nitrogens with two attached hydrogens (primary N) is 1. The Balaban J connectivity index is 1.86. The van der Waals surface area contributed by atoms with Crippen molar-refractivity contribution in [3.05, 3.63) is 36.7 Å². The molecular weight excluding hydrogens is 210 g/mol. The quantitative estimate of drug-likeness (QED) is 0.800. The highest BCUT2D eigenvalue weighted by molar-refractivity contribution is 5.63. The second-order valence-corrected chi connectivity index (χ2v) is 4.77. The van der Waals surface area contributed by atoms with Gasteiger partial charge in [-0.2, -0.15) is 5.10 Å². The van der Waals surface area contributed by atoms with Gasteiger partial charge in [0.1, 0.15) is 0 Å². The van der Waals surface area contributed by atoms with Crippen molar-refractivity contribution in [3.63, 3.8) is 0 Å². The van der Waals surface area contributed by atoms with Crippen molar-refractivity contribution >= 4 is 5.69 Å². The highest BCUT2D eigenvalue weighted by atomic mass is 15.3. The van der Waals surface area contributed by atoms with Gasteiger partial charge in [0.2, 0.25) is 0 Å². The molecule has 3 nitrogen and oxygen atoms in total. The number of nitrogen functional groups attached to an aromatic ring is 1. The minimum Gasteiger partial charge on any atom is -0.399 e. The van der Waals surface area contributed by atoms with Gasteiger partial charge in [-0.15, -0.1) is 0 Å². The number of anilines is 1. The van der Waals surface area contributed by atoms with E-state index in [0.717, 1.165) is 5.69 Å². The normalized spacial score (nSPS) is 16.5. The van der Waals surface area contributed by atoms with Gasteiger partial charge in [0.15, 0.2) is 0 Å². The molecule has 3 heteroatoms. The SMILES string of the molecule is Nc1ccc(-c2cnn(C3CCCC3)c2)cc1.